The molecule has 0 aliphatic rings. The van der Waals surface area contributed by atoms with Crippen LogP contribution in [0.4, 0.5) is 0 Å². The number of likely N-dealkylation sites (N-methyl/N-ethyl adjacent to an activating group) is 1. The van der Waals surface area contributed by atoms with Gasteiger partial charge in [-0.3, -0.25) is 9.36 Å². The number of quaternary nitrogens is 1. The topological polar surface area (TPSA) is 94.1 Å². The largest absolute Gasteiger partial charge is 0.756 e. The van der Waals surface area contributed by atoms with E-state index in [9.17, 15) is 14.3 Å². The average molecular weight is 758 g/mol. The molecule has 0 aromatic rings. The number of phosphoric acid groups is 1. The molecule has 9 heteroatoms. The van der Waals surface area contributed by atoms with Crippen molar-refractivity contribution in [3.63, 3.8) is 0 Å². The molecule has 0 bridgehead atoms. The molecule has 0 saturated heterocycles. The molecule has 8 nitrogen and oxygen atoms in total. The minimum absolute atomic E-state index is 0.0250. The number of hydrogen-bond acceptors (Lipinski definition) is 7. The normalized spacial score (nSPS) is 14.0. The van der Waals surface area contributed by atoms with Crippen molar-refractivity contribution in [3.05, 3.63) is 24.3 Å². The fourth-order valence-electron chi connectivity index (χ4n) is 5.86. The monoisotopic (exact) mass is 758 g/mol. The summed E-state index contributed by atoms with van der Waals surface area (Å²) < 4.78 is 34.5. The van der Waals surface area contributed by atoms with Crippen LogP contribution in [0.3, 0.4) is 0 Å². The third kappa shape index (κ3) is 40.2. The maximum Gasteiger partial charge on any atom is 0.306 e. The average Bonchev–Trinajstić information content (AvgIpc) is 3.09. The number of hydrogen-bond donors (Lipinski definition) is 0. The van der Waals surface area contributed by atoms with E-state index < -0.39 is 13.9 Å². The molecule has 0 radical (unpaired) electrons. The molecule has 0 aliphatic carbocycles. The van der Waals surface area contributed by atoms with Gasteiger partial charge in [-0.05, 0) is 38.5 Å². The number of phosphoric ester groups is 1. The molecule has 0 aliphatic heterocycles. The lowest BCUT2D eigenvalue weighted by molar-refractivity contribution is -0.870. The quantitative estimate of drug-likeness (QED) is 0.0202. The summed E-state index contributed by atoms with van der Waals surface area (Å²) >= 11 is 0. The van der Waals surface area contributed by atoms with Gasteiger partial charge < -0.3 is 27.9 Å². The highest BCUT2D eigenvalue weighted by atomic mass is 31.2. The van der Waals surface area contributed by atoms with E-state index in [4.69, 9.17) is 18.5 Å². The molecule has 0 fully saturated rings. The third-order valence-corrected chi connectivity index (χ3v) is 10.2. The Hall–Kier alpha value is -1.02. The SMILES string of the molecule is CCCC/C=C\C/C=C\CCCCCCCC(=O)O[C@H](COCCCCCCCCCCCCCCCCCC)COP(=O)([O-])OCC[N+](C)(C)C. The van der Waals surface area contributed by atoms with Crippen LogP contribution >= 0.6 is 7.82 Å². The molecule has 52 heavy (non-hydrogen) atoms. The van der Waals surface area contributed by atoms with Crippen LogP contribution in [0.5, 0.6) is 0 Å². The van der Waals surface area contributed by atoms with Crippen molar-refractivity contribution in [3.8, 4) is 0 Å². The lowest BCUT2D eigenvalue weighted by atomic mass is 10.0. The van der Waals surface area contributed by atoms with E-state index >= 15 is 0 Å². The van der Waals surface area contributed by atoms with E-state index in [1.165, 1.54) is 109 Å². The first-order valence-electron chi connectivity index (χ1n) is 21.6. The van der Waals surface area contributed by atoms with Gasteiger partial charge in [0, 0.05) is 13.0 Å². The smallest absolute Gasteiger partial charge is 0.306 e. The van der Waals surface area contributed by atoms with Crippen molar-refractivity contribution in [2.24, 2.45) is 0 Å². The lowest BCUT2D eigenvalue weighted by Crippen LogP contribution is -2.37. The number of nitrogens with zero attached hydrogens (tertiary/aromatic N) is 1. The molecule has 0 N–H and O–H groups in total. The Labute approximate surface area is 322 Å². The molecule has 0 aromatic heterocycles. The highest BCUT2D eigenvalue weighted by molar-refractivity contribution is 7.45. The Kier molecular flexibility index (Phi) is 36.2. The zero-order valence-corrected chi connectivity index (χ0v) is 35.7. The number of allylic oxidation sites excluding steroid dienone is 4. The number of unbranched alkanes of at least 4 members (excludes halogenated alkanes) is 22. The molecule has 2 atom stereocenters. The molecule has 0 saturated carbocycles. The summed E-state index contributed by atoms with van der Waals surface area (Å²) in [7, 11) is 1.35. The van der Waals surface area contributed by atoms with Crippen LogP contribution < -0.4 is 4.89 Å². The van der Waals surface area contributed by atoms with E-state index in [0.717, 1.165) is 57.8 Å². The molecular weight excluding hydrogens is 673 g/mol. The Morgan fingerprint density at radius 2 is 1.08 bits per heavy atom. The van der Waals surface area contributed by atoms with Gasteiger partial charge in [-0.1, -0.05) is 167 Å². The van der Waals surface area contributed by atoms with Crippen molar-refractivity contribution in [2.75, 3.05) is 54.1 Å². The van der Waals surface area contributed by atoms with Gasteiger partial charge >= 0.3 is 5.97 Å². The predicted molar refractivity (Wildman–Crippen MR) is 217 cm³/mol. The Balaban J connectivity index is 4.24. The number of carbonyl (C=O) groups is 1. The van der Waals surface area contributed by atoms with E-state index in [1.54, 1.807) is 0 Å². The standard InChI is InChI=1S/C43H84NO7P/c1-6-8-10-12-14-16-18-20-22-23-25-27-29-31-33-35-38-48-40-42(41-50-52(46,47)49-39-37-44(3,4)5)51-43(45)36-34-32-30-28-26-24-21-19-17-15-13-11-9-7-2/h13,15,19,21,42H,6-12,14,16-18,20,22-41H2,1-5H3/b15-13-,21-19-/t42-/m1/s1. The second-order valence-corrected chi connectivity index (χ2v) is 17.1. The van der Waals surface area contributed by atoms with Crippen LogP contribution in [0, 0.1) is 0 Å². The minimum atomic E-state index is -4.52. The molecule has 0 rings (SSSR count). The number of ether oxygens (including phenoxy) is 2. The number of carbonyl (C=O) groups excluding carboxylic acids is 1. The summed E-state index contributed by atoms with van der Waals surface area (Å²) in [4.78, 5) is 25.0. The van der Waals surface area contributed by atoms with Crippen molar-refractivity contribution in [1.29, 1.82) is 0 Å². The third-order valence-electron chi connectivity index (χ3n) is 9.26. The Bertz CT molecular complexity index is 889. The van der Waals surface area contributed by atoms with E-state index in [-0.39, 0.29) is 25.8 Å². The van der Waals surface area contributed by atoms with Gasteiger partial charge in [-0.25, -0.2) is 0 Å². The Morgan fingerprint density at radius 3 is 1.62 bits per heavy atom. The van der Waals surface area contributed by atoms with Gasteiger partial charge in [-0.15, -0.1) is 0 Å². The van der Waals surface area contributed by atoms with Gasteiger partial charge in [0.15, 0.2) is 0 Å². The highest BCUT2D eigenvalue weighted by Gasteiger charge is 2.20. The maximum atomic E-state index is 12.6. The molecular formula is C43H84NO7P. The summed E-state index contributed by atoms with van der Waals surface area (Å²) in [5.74, 6) is -0.346. The highest BCUT2D eigenvalue weighted by Crippen LogP contribution is 2.38. The summed E-state index contributed by atoms with van der Waals surface area (Å²) in [5.41, 5.74) is 0. The molecule has 0 spiro atoms. The van der Waals surface area contributed by atoms with Gasteiger partial charge in [-0.2, -0.15) is 0 Å². The number of esters is 1. The summed E-state index contributed by atoms with van der Waals surface area (Å²) in [6.07, 6.45) is 40.4. The first kappa shape index (κ1) is 51.0. The zero-order valence-electron chi connectivity index (χ0n) is 34.8. The second kappa shape index (κ2) is 36.9. The fraction of sp³-hybridized carbons (Fsp3) is 0.884. The summed E-state index contributed by atoms with van der Waals surface area (Å²) in [5, 5.41) is 0. The van der Waals surface area contributed by atoms with E-state index in [0.29, 0.717) is 24.1 Å². The molecule has 0 amide bonds. The first-order chi connectivity index (χ1) is 25.1. The first-order valence-corrected chi connectivity index (χ1v) is 23.0. The molecule has 308 valence electrons. The maximum absolute atomic E-state index is 12.6. The summed E-state index contributed by atoms with van der Waals surface area (Å²) in [6, 6.07) is 0. The van der Waals surface area contributed by atoms with Crippen LogP contribution in [0.15, 0.2) is 24.3 Å². The van der Waals surface area contributed by atoms with Crippen LogP contribution in [-0.4, -0.2) is 70.7 Å². The van der Waals surface area contributed by atoms with E-state index in [1.807, 2.05) is 21.1 Å². The molecule has 0 heterocycles. The van der Waals surface area contributed by atoms with Gasteiger partial charge in [0.25, 0.3) is 7.82 Å². The minimum Gasteiger partial charge on any atom is -0.756 e. The molecule has 1 unspecified atom stereocenters. The van der Waals surface area contributed by atoms with Crippen molar-refractivity contribution < 1.29 is 37.3 Å². The van der Waals surface area contributed by atoms with Crippen LogP contribution in [0.2, 0.25) is 0 Å². The number of rotatable bonds is 40. The van der Waals surface area contributed by atoms with Crippen molar-refractivity contribution >= 4 is 13.8 Å². The van der Waals surface area contributed by atoms with Crippen LogP contribution in [-0.2, 0) is 27.9 Å². The van der Waals surface area contributed by atoms with E-state index in [2.05, 4.69) is 38.2 Å². The van der Waals surface area contributed by atoms with Gasteiger partial charge in [0.2, 0.25) is 0 Å². The fourth-order valence-corrected chi connectivity index (χ4v) is 6.59. The zero-order chi connectivity index (χ0) is 38.4. The van der Waals surface area contributed by atoms with Gasteiger partial charge in [0.05, 0.1) is 34.4 Å². The Morgan fingerprint density at radius 1 is 0.596 bits per heavy atom. The van der Waals surface area contributed by atoms with Crippen LogP contribution in [0.25, 0.3) is 0 Å². The lowest BCUT2D eigenvalue weighted by Gasteiger charge is -2.28. The molecule has 0 aromatic carbocycles. The van der Waals surface area contributed by atoms with Gasteiger partial charge in [0.1, 0.15) is 19.3 Å². The van der Waals surface area contributed by atoms with Crippen molar-refractivity contribution in [2.45, 2.75) is 193 Å². The summed E-state index contributed by atoms with van der Waals surface area (Å²) in [6.45, 7) is 5.38. The second-order valence-electron chi connectivity index (χ2n) is 15.7. The van der Waals surface area contributed by atoms with Crippen molar-refractivity contribution in [1.82, 2.24) is 0 Å². The predicted octanol–water partition coefficient (Wildman–Crippen LogP) is 11.8. The van der Waals surface area contributed by atoms with Crippen LogP contribution in [0.1, 0.15) is 187 Å².